The zero-order valence-electron chi connectivity index (χ0n) is 11.4. The number of ether oxygens (including phenoxy) is 1. The maximum absolute atomic E-state index is 13.0. The molecule has 106 valence electrons. The Hall–Kier alpha value is -2.75. The van der Waals surface area contributed by atoms with E-state index in [2.05, 4.69) is 4.98 Å². The van der Waals surface area contributed by atoms with E-state index in [9.17, 15) is 9.50 Å². The molecule has 2 N–H and O–H groups in total. The number of phenols is 1. The van der Waals surface area contributed by atoms with Crippen LogP contribution < -0.4 is 4.74 Å². The number of rotatable bonds is 3. The van der Waals surface area contributed by atoms with E-state index in [-0.39, 0.29) is 11.6 Å². The zero-order chi connectivity index (χ0) is 14.8. The number of hydrogen-bond acceptors (Lipinski definition) is 2. The van der Waals surface area contributed by atoms with Crippen molar-refractivity contribution in [3.8, 4) is 33.9 Å². The lowest BCUT2D eigenvalue weighted by atomic mass is 10.1. The van der Waals surface area contributed by atoms with Gasteiger partial charge in [-0.3, -0.25) is 0 Å². The number of aromatic amines is 1. The summed E-state index contributed by atoms with van der Waals surface area (Å²) in [7, 11) is 1.56. The van der Waals surface area contributed by atoms with Crippen molar-refractivity contribution >= 4 is 0 Å². The molecule has 0 aliphatic heterocycles. The summed E-state index contributed by atoms with van der Waals surface area (Å²) in [5.74, 6) is 0.496. The van der Waals surface area contributed by atoms with E-state index in [0.717, 1.165) is 22.4 Å². The number of halogens is 1. The highest BCUT2D eigenvalue weighted by molar-refractivity contribution is 5.76. The second-order valence-corrected chi connectivity index (χ2v) is 4.69. The Bertz CT molecular complexity index is 763. The average molecular weight is 283 g/mol. The summed E-state index contributed by atoms with van der Waals surface area (Å²) in [4.78, 5) is 3.17. The molecule has 0 aliphatic rings. The number of phenolic OH excluding ortho intramolecular Hbond substituents is 1. The van der Waals surface area contributed by atoms with Gasteiger partial charge in [0.1, 0.15) is 17.3 Å². The zero-order valence-corrected chi connectivity index (χ0v) is 11.4. The predicted molar refractivity (Wildman–Crippen MR) is 79.8 cm³/mol. The molecule has 0 radical (unpaired) electrons. The fourth-order valence-corrected chi connectivity index (χ4v) is 2.26. The third-order valence-corrected chi connectivity index (χ3v) is 3.33. The van der Waals surface area contributed by atoms with Crippen molar-refractivity contribution in [3.05, 3.63) is 60.5 Å². The summed E-state index contributed by atoms with van der Waals surface area (Å²) in [5.41, 5.74) is 3.60. The van der Waals surface area contributed by atoms with Crippen LogP contribution in [0.4, 0.5) is 4.39 Å². The maximum atomic E-state index is 13.0. The summed E-state index contributed by atoms with van der Waals surface area (Å²) in [6, 6.07) is 13.2. The summed E-state index contributed by atoms with van der Waals surface area (Å²) >= 11 is 0. The molecule has 0 fully saturated rings. The van der Waals surface area contributed by atoms with E-state index in [0.29, 0.717) is 5.75 Å². The smallest absolute Gasteiger partial charge is 0.130 e. The first-order valence-electron chi connectivity index (χ1n) is 6.49. The van der Waals surface area contributed by atoms with Crippen LogP contribution in [0, 0.1) is 5.82 Å². The molecule has 0 amide bonds. The number of methoxy groups -OCH3 is 1. The summed E-state index contributed by atoms with van der Waals surface area (Å²) in [5, 5.41) is 9.50. The van der Waals surface area contributed by atoms with Crippen LogP contribution in [0.1, 0.15) is 0 Å². The number of aromatic hydroxyl groups is 1. The van der Waals surface area contributed by atoms with Crippen LogP contribution >= 0.6 is 0 Å². The molecule has 3 rings (SSSR count). The van der Waals surface area contributed by atoms with Crippen molar-refractivity contribution in [2.75, 3.05) is 7.11 Å². The van der Waals surface area contributed by atoms with Gasteiger partial charge in [-0.25, -0.2) is 4.39 Å². The van der Waals surface area contributed by atoms with E-state index in [1.54, 1.807) is 37.4 Å². The predicted octanol–water partition coefficient (Wildman–Crippen LogP) is 4.20. The summed E-state index contributed by atoms with van der Waals surface area (Å²) in [6.07, 6.45) is 1.85. The molecule has 0 saturated heterocycles. The number of aromatic nitrogens is 1. The van der Waals surface area contributed by atoms with Crippen molar-refractivity contribution in [2.45, 2.75) is 0 Å². The van der Waals surface area contributed by atoms with Crippen LogP contribution in [0.15, 0.2) is 54.7 Å². The molecule has 4 heteroatoms. The van der Waals surface area contributed by atoms with Crippen LogP contribution in [0.25, 0.3) is 22.4 Å². The first kappa shape index (κ1) is 13.2. The minimum absolute atomic E-state index is 0.157. The second-order valence-electron chi connectivity index (χ2n) is 4.69. The number of nitrogens with one attached hydrogen (secondary N) is 1. The molecule has 3 nitrogen and oxygen atoms in total. The topological polar surface area (TPSA) is 45.2 Å². The van der Waals surface area contributed by atoms with E-state index in [1.165, 1.54) is 12.1 Å². The van der Waals surface area contributed by atoms with Gasteiger partial charge < -0.3 is 14.8 Å². The molecule has 0 atom stereocenters. The minimum Gasteiger partial charge on any atom is -0.508 e. The normalized spacial score (nSPS) is 10.6. The average Bonchev–Trinajstić information content (AvgIpc) is 2.97. The van der Waals surface area contributed by atoms with Crippen LogP contribution in [0.3, 0.4) is 0 Å². The minimum atomic E-state index is -0.259. The van der Waals surface area contributed by atoms with E-state index in [4.69, 9.17) is 4.74 Å². The van der Waals surface area contributed by atoms with Gasteiger partial charge in [0, 0.05) is 29.1 Å². The Labute approximate surface area is 121 Å². The Balaban J connectivity index is 2.00. The Morgan fingerprint density at radius 2 is 1.76 bits per heavy atom. The van der Waals surface area contributed by atoms with Gasteiger partial charge in [-0.1, -0.05) is 0 Å². The van der Waals surface area contributed by atoms with E-state index < -0.39 is 0 Å². The third-order valence-electron chi connectivity index (χ3n) is 3.33. The van der Waals surface area contributed by atoms with Crippen molar-refractivity contribution in [2.24, 2.45) is 0 Å². The molecule has 0 aliphatic carbocycles. The van der Waals surface area contributed by atoms with Crippen molar-refractivity contribution in [1.29, 1.82) is 0 Å². The Kier molecular flexibility index (Phi) is 3.36. The fraction of sp³-hybridized carbons (Fsp3) is 0.0588. The van der Waals surface area contributed by atoms with Gasteiger partial charge in [-0.05, 0) is 48.0 Å². The number of benzene rings is 2. The summed E-state index contributed by atoms with van der Waals surface area (Å²) < 4.78 is 18.2. The molecule has 1 aromatic heterocycles. The maximum Gasteiger partial charge on any atom is 0.130 e. The van der Waals surface area contributed by atoms with Crippen LogP contribution in [0.2, 0.25) is 0 Å². The first-order chi connectivity index (χ1) is 10.2. The van der Waals surface area contributed by atoms with E-state index >= 15 is 0 Å². The highest BCUT2D eigenvalue weighted by atomic mass is 19.1. The molecule has 2 aromatic carbocycles. The van der Waals surface area contributed by atoms with Gasteiger partial charge in [-0.2, -0.15) is 0 Å². The molecule has 0 saturated carbocycles. The van der Waals surface area contributed by atoms with Gasteiger partial charge >= 0.3 is 0 Å². The van der Waals surface area contributed by atoms with Gasteiger partial charge in [0.25, 0.3) is 0 Å². The Morgan fingerprint density at radius 3 is 2.48 bits per heavy atom. The monoisotopic (exact) mass is 283 g/mol. The van der Waals surface area contributed by atoms with Gasteiger partial charge in [0.2, 0.25) is 0 Å². The third kappa shape index (κ3) is 2.60. The molecule has 0 bridgehead atoms. The molecular formula is C17H14FNO2. The lowest BCUT2D eigenvalue weighted by Crippen LogP contribution is -1.86. The largest absolute Gasteiger partial charge is 0.508 e. The van der Waals surface area contributed by atoms with Crippen molar-refractivity contribution in [3.63, 3.8) is 0 Å². The highest BCUT2D eigenvalue weighted by Gasteiger charge is 2.10. The van der Waals surface area contributed by atoms with E-state index in [1.807, 2.05) is 12.3 Å². The SMILES string of the molecule is COc1cc(O)ccc1-c1c[nH]c(-c2ccc(F)cc2)c1. The molecule has 3 aromatic rings. The molecule has 21 heavy (non-hydrogen) atoms. The molecule has 0 unspecified atom stereocenters. The molecular weight excluding hydrogens is 269 g/mol. The fourth-order valence-electron chi connectivity index (χ4n) is 2.26. The Morgan fingerprint density at radius 1 is 1.00 bits per heavy atom. The lowest BCUT2D eigenvalue weighted by molar-refractivity contribution is 0.409. The van der Waals surface area contributed by atoms with Crippen molar-refractivity contribution < 1.29 is 14.2 Å². The number of H-pyrrole nitrogens is 1. The van der Waals surface area contributed by atoms with Crippen LogP contribution in [-0.2, 0) is 0 Å². The van der Waals surface area contributed by atoms with Crippen LogP contribution in [-0.4, -0.2) is 17.2 Å². The number of hydrogen-bond donors (Lipinski definition) is 2. The lowest BCUT2D eigenvalue weighted by Gasteiger charge is -2.07. The molecule has 0 spiro atoms. The standard InChI is InChI=1S/C17H14FNO2/c1-21-17-9-14(20)6-7-15(17)12-8-16(19-10-12)11-2-4-13(18)5-3-11/h2-10,19-20H,1H3. The van der Waals surface area contributed by atoms with Gasteiger partial charge in [0.05, 0.1) is 7.11 Å². The highest BCUT2D eigenvalue weighted by Crippen LogP contribution is 2.34. The second kappa shape index (κ2) is 5.32. The van der Waals surface area contributed by atoms with Crippen molar-refractivity contribution in [1.82, 2.24) is 4.98 Å². The van der Waals surface area contributed by atoms with Gasteiger partial charge in [-0.15, -0.1) is 0 Å². The van der Waals surface area contributed by atoms with Crippen LogP contribution in [0.5, 0.6) is 11.5 Å². The molecule has 1 heterocycles. The first-order valence-corrected chi connectivity index (χ1v) is 6.49. The van der Waals surface area contributed by atoms with Gasteiger partial charge in [0.15, 0.2) is 0 Å². The summed E-state index contributed by atoms with van der Waals surface area (Å²) in [6.45, 7) is 0. The quantitative estimate of drug-likeness (QED) is 0.756.